The van der Waals surface area contributed by atoms with E-state index in [0.29, 0.717) is 5.75 Å². The monoisotopic (exact) mass is 514 g/mol. The Hall–Kier alpha value is -2.93. The van der Waals surface area contributed by atoms with E-state index < -0.39 is 6.04 Å². The lowest BCUT2D eigenvalue weighted by Crippen LogP contribution is -2.50. The maximum absolute atomic E-state index is 13.3. The second-order valence-electron chi connectivity index (χ2n) is 8.03. The number of carbonyl (C=O) groups is 2. The zero-order valence-corrected chi connectivity index (χ0v) is 20.6. The number of amides is 2. The van der Waals surface area contributed by atoms with Gasteiger partial charge in [-0.3, -0.25) is 9.59 Å². The smallest absolute Gasteiger partial charge is 0.261 e. The lowest BCUT2D eigenvalue weighted by atomic mass is 10.1. The number of benzene rings is 3. The molecule has 3 aromatic carbocycles. The van der Waals surface area contributed by atoms with Gasteiger partial charge >= 0.3 is 0 Å². The number of fused-ring (bicyclic) bond motifs is 1. The molecule has 174 valence electrons. The summed E-state index contributed by atoms with van der Waals surface area (Å²) < 4.78 is 20.0. The molecule has 3 aromatic rings. The van der Waals surface area contributed by atoms with Crippen LogP contribution in [0.2, 0.25) is 0 Å². The van der Waals surface area contributed by atoms with Gasteiger partial charge in [0.1, 0.15) is 17.6 Å². The van der Waals surface area contributed by atoms with Crippen molar-refractivity contribution in [2.45, 2.75) is 45.8 Å². The summed E-state index contributed by atoms with van der Waals surface area (Å²) in [5.41, 5.74) is 0.722. The highest BCUT2D eigenvalue weighted by molar-refractivity contribution is 9.10. The molecule has 0 radical (unpaired) electrons. The summed E-state index contributed by atoms with van der Waals surface area (Å²) in [5, 5.41) is 4.95. The van der Waals surface area contributed by atoms with Crippen molar-refractivity contribution < 1.29 is 18.7 Å². The molecule has 2 unspecified atom stereocenters. The van der Waals surface area contributed by atoms with E-state index in [0.717, 1.165) is 27.2 Å². The fraction of sp³-hybridized carbons (Fsp3) is 0.308. The van der Waals surface area contributed by atoms with E-state index in [2.05, 4.69) is 21.2 Å². The van der Waals surface area contributed by atoms with Crippen molar-refractivity contribution >= 4 is 38.5 Å². The molecular weight excluding hydrogens is 487 g/mol. The van der Waals surface area contributed by atoms with Gasteiger partial charge in [-0.05, 0) is 70.7 Å². The summed E-state index contributed by atoms with van der Waals surface area (Å²) >= 11 is 3.57. The molecule has 0 aliphatic rings. The van der Waals surface area contributed by atoms with Gasteiger partial charge in [-0.1, -0.05) is 49.4 Å². The third kappa shape index (κ3) is 6.32. The predicted octanol–water partition coefficient (Wildman–Crippen LogP) is 5.45. The van der Waals surface area contributed by atoms with E-state index in [1.165, 1.54) is 17.0 Å². The van der Waals surface area contributed by atoms with Crippen molar-refractivity contribution in [1.29, 1.82) is 0 Å². The Balaban J connectivity index is 1.78. The van der Waals surface area contributed by atoms with Crippen LogP contribution in [0.5, 0.6) is 5.75 Å². The molecule has 0 spiro atoms. The third-order valence-electron chi connectivity index (χ3n) is 5.61. The zero-order chi connectivity index (χ0) is 24.0. The topological polar surface area (TPSA) is 58.6 Å². The van der Waals surface area contributed by atoms with Crippen LogP contribution in [0.1, 0.15) is 32.8 Å². The molecule has 0 fully saturated rings. The Morgan fingerprint density at radius 2 is 1.76 bits per heavy atom. The highest BCUT2D eigenvalue weighted by Crippen LogP contribution is 2.33. The number of halogens is 2. The standard InChI is InChI=1S/C26H28BrFN2O3/c1-4-17(2)29-26(32)18(3)30(15-19-9-12-21(28)13-10-19)24(31)16-33-23-14-11-20-7-5-6-8-22(20)25(23)27/h5-14,17-18H,4,15-16H2,1-3H3,(H,29,32). The first kappa shape index (κ1) is 24.7. The van der Waals surface area contributed by atoms with Gasteiger partial charge in [0.15, 0.2) is 6.61 Å². The summed E-state index contributed by atoms with van der Waals surface area (Å²) in [6.45, 7) is 5.50. The summed E-state index contributed by atoms with van der Waals surface area (Å²) in [6, 6.07) is 16.8. The second-order valence-corrected chi connectivity index (χ2v) is 8.82. The Labute approximate surface area is 202 Å². The van der Waals surface area contributed by atoms with Gasteiger partial charge in [0.05, 0.1) is 4.47 Å². The average molecular weight is 515 g/mol. The fourth-order valence-corrected chi connectivity index (χ4v) is 3.99. The third-order valence-corrected chi connectivity index (χ3v) is 6.43. The van der Waals surface area contributed by atoms with Crippen LogP contribution in [0.25, 0.3) is 10.8 Å². The van der Waals surface area contributed by atoms with Crippen LogP contribution in [0, 0.1) is 5.82 Å². The molecule has 0 aliphatic heterocycles. The Morgan fingerprint density at radius 1 is 1.06 bits per heavy atom. The molecule has 3 rings (SSSR count). The van der Waals surface area contributed by atoms with Gasteiger partial charge in [0.25, 0.3) is 5.91 Å². The lowest BCUT2D eigenvalue weighted by molar-refractivity contribution is -0.142. The number of carbonyl (C=O) groups excluding carboxylic acids is 2. The molecule has 0 aliphatic carbocycles. The Morgan fingerprint density at radius 3 is 2.45 bits per heavy atom. The molecule has 0 saturated carbocycles. The molecule has 2 atom stereocenters. The Kier molecular flexibility index (Phi) is 8.44. The van der Waals surface area contributed by atoms with Crippen molar-refractivity contribution in [3.63, 3.8) is 0 Å². The van der Waals surface area contributed by atoms with Gasteiger partial charge < -0.3 is 15.0 Å². The number of rotatable bonds is 9. The maximum atomic E-state index is 13.3. The predicted molar refractivity (Wildman–Crippen MR) is 131 cm³/mol. The summed E-state index contributed by atoms with van der Waals surface area (Å²) in [4.78, 5) is 27.4. The van der Waals surface area contributed by atoms with E-state index in [4.69, 9.17) is 4.74 Å². The van der Waals surface area contributed by atoms with Gasteiger partial charge in [-0.2, -0.15) is 0 Å². The minimum atomic E-state index is -0.722. The van der Waals surface area contributed by atoms with Crippen LogP contribution in [0.15, 0.2) is 65.1 Å². The molecular formula is C26H28BrFN2O3. The molecule has 0 saturated heterocycles. The normalized spacial score (nSPS) is 12.8. The van der Waals surface area contributed by atoms with Crippen LogP contribution < -0.4 is 10.1 Å². The molecule has 7 heteroatoms. The minimum Gasteiger partial charge on any atom is -0.483 e. The number of hydrogen-bond donors (Lipinski definition) is 1. The van der Waals surface area contributed by atoms with E-state index in [-0.39, 0.29) is 36.8 Å². The maximum Gasteiger partial charge on any atom is 0.261 e. The number of nitrogens with zero attached hydrogens (tertiary/aromatic N) is 1. The van der Waals surface area contributed by atoms with Crippen LogP contribution in [-0.2, 0) is 16.1 Å². The molecule has 0 bridgehead atoms. The number of ether oxygens (including phenoxy) is 1. The SMILES string of the molecule is CCC(C)NC(=O)C(C)N(Cc1ccc(F)cc1)C(=O)COc1ccc2ccccc2c1Br. The van der Waals surface area contributed by atoms with E-state index in [1.54, 1.807) is 19.1 Å². The summed E-state index contributed by atoms with van der Waals surface area (Å²) in [6.07, 6.45) is 0.781. The number of hydrogen-bond acceptors (Lipinski definition) is 3. The quantitative estimate of drug-likeness (QED) is 0.412. The average Bonchev–Trinajstić information content (AvgIpc) is 2.82. The van der Waals surface area contributed by atoms with Gasteiger partial charge in [-0.25, -0.2) is 4.39 Å². The molecule has 0 aromatic heterocycles. The molecule has 0 heterocycles. The highest BCUT2D eigenvalue weighted by Gasteiger charge is 2.27. The molecule has 1 N–H and O–H groups in total. The Bertz CT molecular complexity index is 1120. The first-order valence-corrected chi connectivity index (χ1v) is 11.7. The van der Waals surface area contributed by atoms with Crippen LogP contribution in [0.4, 0.5) is 4.39 Å². The van der Waals surface area contributed by atoms with Crippen LogP contribution in [-0.4, -0.2) is 35.4 Å². The van der Waals surface area contributed by atoms with Crippen LogP contribution >= 0.6 is 15.9 Å². The van der Waals surface area contributed by atoms with Gasteiger partial charge in [-0.15, -0.1) is 0 Å². The van der Waals surface area contributed by atoms with Crippen molar-refractivity contribution in [1.82, 2.24) is 10.2 Å². The first-order valence-electron chi connectivity index (χ1n) is 10.9. The van der Waals surface area contributed by atoms with Gasteiger partial charge in [0, 0.05) is 12.6 Å². The molecule has 2 amide bonds. The van der Waals surface area contributed by atoms with Crippen molar-refractivity contribution in [2.24, 2.45) is 0 Å². The zero-order valence-electron chi connectivity index (χ0n) is 19.0. The van der Waals surface area contributed by atoms with Crippen molar-refractivity contribution in [3.05, 3.63) is 76.5 Å². The second kappa shape index (κ2) is 11.3. The van der Waals surface area contributed by atoms with Crippen LogP contribution in [0.3, 0.4) is 0 Å². The van der Waals surface area contributed by atoms with E-state index in [1.807, 2.05) is 50.2 Å². The number of nitrogens with one attached hydrogen (secondary N) is 1. The van der Waals surface area contributed by atoms with E-state index in [9.17, 15) is 14.0 Å². The lowest BCUT2D eigenvalue weighted by Gasteiger charge is -2.29. The van der Waals surface area contributed by atoms with E-state index >= 15 is 0 Å². The van der Waals surface area contributed by atoms with Crippen molar-refractivity contribution in [3.8, 4) is 5.75 Å². The van der Waals surface area contributed by atoms with Crippen molar-refractivity contribution in [2.75, 3.05) is 6.61 Å². The molecule has 5 nitrogen and oxygen atoms in total. The first-order chi connectivity index (χ1) is 15.8. The summed E-state index contributed by atoms with van der Waals surface area (Å²) in [5.74, 6) is -0.401. The fourth-order valence-electron chi connectivity index (χ4n) is 3.38. The largest absolute Gasteiger partial charge is 0.483 e. The summed E-state index contributed by atoms with van der Waals surface area (Å²) in [7, 11) is 0. The molecule has 33 heavy (non-hydrogen) atoms. The highest BCUT2D eigenvalue weighted by atomic mass is 79.9. The minimum absolute atomic E-state index is 0.00692. The van der Waals surface area contributed by atoms with Gasteiger partial charge in [0.2, 0.25) is 5.91 Å².